The number of nitrogens with zero attached hydrogens (tertiary/aromatic N) is 1. The van der Waals surface area contributed by atoms with Crippen molar-refractivity contribution in [2.75, 3.05) is 19.0 Å². The summed E-state index contributed by atoms with van der Waals surface area (Å²) in [6.45, 7) is 1.72. The topological polar surface area (TPSA) is 111 Å². The molecule has 0 saturated heterocycles. The highest BCUT2D eigenvalue weighted by molar-refractivity contribution is 5.91. The van der Waals surface area contributed by atoms with Crippen LogP contribution >= 0.6 is 0 Å². The van der Waals surface area contributed by atoms with Crippen LogP contribution in [0.5, 0.6) is 0 Å². The maximum atomic E-state index is 13.5. The van der Waals surface area contributed by atoms with Gasteiger partial charge in [-0.1, -0.05) is 18.2 Å². The lowest BCUT2D eigenvalue weighted by atomic mass is 10.0. The molecular weight excluding hydrogens is 369 g/mol. The van der Waals surface area contributed by atoms with Crippen molar-refractivity contribution >= 4 is 23.3 Å². The molecule has 28 heavy (non-hydrogen) atoms. The Kier molecular flexibility index (Phi) is 7.16. The molecule has 0 unspecified atom stereocenters. The first kappa shape index (κ1) is 21.0. The zero-order valence-electron chi connectivity index (χ0n) is 15.4. The summed E-state index contributed by atoms with van der Waals surface area (Å²) in [5.41, 5.74) is 1.08. The maximum Gasteiger partial charge on any atom is 0.327 e. The second-order valence-corrected chi connectivity index (χ2v) is 6.02. The molecule has 2 rings (SSSR count). The number of rotatable bonds is 8. The van der Waals surface area contributed by atoms with E-state index >= 15 is 0 Å². The Labute approximate surface area is 160 Å². The summed E-state index contributed by atoms with van der Waals surface area (Å²) in [5.74, 6) is -1.33. The van der Waals surface area contributed by atoms with E-state index in [2.05, 4.69) is 10.6 Å². The number of nitro benzene ring substituents is 1. The second kappa shape index (κ2) is 9.56. The molecule has 2 aromatic carbocycles. The van der Waals surface area contributed by atoms with Crippen LogP contribution in [0.2, 0.25) is 0 Å². The highest BCUT2D eigenvalue weighted by Crippen LogP contribution is 2.19. The largest absolute Gasteiger partial charge is 0.468 e. The van der Waals surface area contributed by atoms with E-state index in [0.29, 0.717) is 16.8 Å². The first-order valence-corrected chi connectivity index (χ1v) is 8.43. The van der Waals surface area contributed by atoms with Gasteiger partial charge in [0.1, 0.15) is 11.9 Å². The molecule has 148 valence electrons. The molecule has 0 spiro atoms. The fraction of sp³-hybridized carbons (Fsp3) is 0.263. The van der Waals surface area contributed by atoms with Crippen LogP contribution < -0.4 is 10.6 Å². The van der Waals surface area contributed by atoms with Crippen LogP contribution in [0, 0.1) is 22.9 Å². The van der Waals surface area contributed by atoms with Gasteiger partial charge in [-0.25, -0.2) is 9.18 Å². The van der Waals surface area contributed by atoms with E-state index in [0.717, 1.165) is 0 Å². The van der Waals surface area contributed by atoms with Gasteiger partial charge in [0.2, 0.25) is 5.91 Å². The van der Waals surface area contributed by atoms with Crippen molar-refractivity contribution in [2.45, 2.75) is 19.4 Å². The van der Waals surface area contributed by atoms with Crippen molar-refractivity contribution < 1.29 is 23.6 Å². The number of halogens is 1. The smallest absolute Gasteiger partial charge is 0.327 e. The number of carbonyl (C=O) groups is 2. The second-order valence-electron chi connectivity index (χ2n) is 6.02. The quantitative estimate of drug-likeness (QED) is 0.408. The molecule has 0 aliphatic carbocycles. The standard InChI is InChI=1S/C19H20FN3O5/c1-12-10-13(6-7-16(12)20)18(19(25)28-2)21-9-8-17(24)22-14-4-3-5-15(11-14)23(26)27/h3-7,10-11,18,21H,8-9H2,1-2H3,(H,22,24)/t18-/m1/s1. The molecule has 2 N–H and O–H groups in total. The summed E-state index contributed by atoms with van der Waals surface area (Å²) in [6, 6.07) is 9.00. The number of hydrogen-bond acceptors (Lipinski definition) is 6. The van der Waals surface area contributed by atoms with Crippen molar-refractivity contribution in [3.8, 4) is 0 Å². The lowest BCUT2D eigenvalue weighted by Crippen LogP contribution is -2.32. The predicted octanol–water partition coefficient (Wildman–Crippen LogP) is 2.87. The maximum absolute atomic E-state index is 13.5. The third kappa shape index (κ3) is 5.58. The lowest BCUT2D eigenvalue weighted by Gasteiger charge is -2.17. The van der Waals surface area contributed by atoms with Gasteiger partial charge in [-0.3, -0.25) is 14.9 Å². The minimum atomic E-state index is -0.852. The zero-order valence-corrected chi connectivity index (χ0v) is 15.4. The zero-order chi connectivity index (χ0) is 20.7. The van der Waals surface area contributed by atoms with Crippen LogP contribution in [0.3, 0.4) is 0 Å². The molecule has 0 radical (unpaired) electrons. The fourth-order valence-electron chi connectivity index (χ4n) is 2.55. The molecule has 0 aromatic heterocycles. The van der Waals surface area contributed by atoms with Crippen LogP contribution in [-0.2, 0) is 14.3 Å². The van der Waals surface area contributed by atoms with Crippen LogP contribution in [-0.4, -0.2) is 30.5 Å². The molecule has 9 heteroatoms. The lowest BCUT2D eigenvalue weighted by molar-refractivity contribution is -0.384. The Morgan fingerprint density at radius 1 is 1.25 bits per heavy atom. The average Bonchev–Trinajstić information content (AvgIpc) is 2.67. The molecule has 0 fully saturated rings. The Balaban J connectivity index is 1.97. The summed E-state index contributed by atoms with van der Waals surface area (Å²) in [7, 11) is 1.24. The fourth-order valence-corrected chi connectivity index (χ4v) is 2.55. The summed E-state index contributed by atoms with van der Waals surface area (Å²) in [5, 5.41) is 16.2. The van der Waals surface area contributed by atoms with E-state index < -0.39 is 16.9 Å². The van der Waals surface area contributed by atoms with E-state index in [9.17, 15) is 24.1 Å². The minimum Gasteiger partial charge on any atom is -0.468 e. The van der Waals surface area contributed by atoms with Crippen LogP contribution in [0.25, 0.3) is 0 Å². The Morgan fingerprint density at radius 2 is 2.00 bits per heavy atom. The van der Waals surface area contributed by atoms with E-state index in [1.807, 2.05) is 0 Å². The molecular formula is C19H20FN3O5. The Bertz CT molecular complexity index is 888. The molecule has 1 amide bonds. The SMILES string of the molecule is COC(=O)[C@H](NCCC(=O)Nc1cccc([N+](=O)[O-])c1)c1ccc(F)c(C)c1. The first-order valence-electron chi connectivity index (χ1n) is 8.43. The van der Waals surface area contributed by atoms with Crippen LogP contribution in [0.15, 0.2) is 42.5 Å². The first-order chi connectivity index (χ1) is 13.3. The number of aryl methyl sites for hydroxylation is 1. The monoisotopic (exact) mass is 389 g/mol. The van der Waals surface area contributed by atoms with Gasteiger partial charge in [-0.05, 0) is 30.2 Å². The van der Waals surface area contributed by atoms with Gasteiger partial charge < -0.3 is 15.4 Å². The van der Waals surface area contributed by atoms with Crippen molar-refractivity contribution in [2.24, 2.45) is 0 Å². The van der Waals surface area contributed by atoms with Crippen LogP contribution in [0.1, 0.15) is 23.6 Å². The molecule has 1 atom stereocenters. The van der Waals surface area contributed by atoms with E-state index in [1.54, 1.807) is 6.92 Å². The number of methoxy groups -OCH3 is 1. The van der Waals surface area contributed by atoms with Gasteiger partial charge in [-0.15, -0.1) is 0 Å². The normalized spacial score (nSPS) is 11.5. The van der Waals surface area contributed by atoms with Gasteiger partial charge in [-0.2, -0.15) is 0 Å². The molecule has 0 heterocycles. The molecule has 0 saturated carbocycles. The van der Waals surface area contributed by atoms with Crippen molar-refractivity contribution in [3.63, 3.8) is 0 Å². The van der Waals surface area contributed by atoms with E-state index in [1.165, 1.54) is 49.6 Å². The molecule has 0 aliphatic heterocycles. The number of non-ortho nitro benzene ring substituents is 1. The third-order valence-electron chi connectivity index (χ3n) is 3.99. The average molecular weight is 389 g/mol. The highest BCUT2D eigenvalue weighted by atomic mass is 19.1. The molecule has 0 bridgehead atoms. The Morgan fingerprint density at radius 3 is 2.64 bits per heavy atom. The number of ether oxygens (including phenoxy) is 1. The summed E-state index contributed by atoms with van der Waals surface area (Å²) in [4.78, 5) is 34.3. The molecule has 2 aromatic rings. The summed E-state index contributed by atoms with van der Waals surface area (Å²) >= 11 is 0. The summed E-state index contributed by atoms with van der Waals surface area (Å²) in [6.07, 6.45) is 0.0103. The van der Waals surface area contributed by atoms with Crippen molar-refractivity contribution in [3.05, 3.63) is 69.5 Å². The van der Waals surface area contributed by atoms with Crippen molar-refractivity contribution in [1.29, 1.82) is 0 Å². The number of hydrogen-bond donors (Lipinski definition) is 2. The molecule has 0 aliphatic rings. The number of nitrogens with one attached hydrogen (secondary N) is 2. The predicted molar refractivity (Wildman–Crippen MR) is 100 cm³/mol. The number of amides is 1. The Hall–Kier alpha value is -3.33. The van der Waals surface area contributed by atoms with Gasteiger partial charge >= 0.3 is 5.97 Å². The minimum absolute atomic E-state index is 0.0103. The molecule has 8 nitrogen and oxygen atoms in total. The number of nitro groups is 1. The van der Waals surface area contributed by atoms with Gasteiger partial charge in [0.25, 0.3) is 5.69 Å². The highest BCUT2D eigenvalue weighted by Gasteiger charge is 2.21. The summed E-state index contributed by atoms with van der Waals surface area (Å²) < 4.78 is 18.2. The number of carbonyl (C=O) groups excluding carboxylic acids is 2. The van der Waals surface area contributed by atoms with Crippen molar-refractivity contribution in [1.82, 2.24) is 5.32 Å². The number of anilines is 1. The third-order valence-corrected chi connectivity index (χ3v) is 3.99. The van der Waals surface area contributed by atoms with Gasteiger partial charge in [0.15, 0.2) is 0 Å². The number of esters is 1. The number of benzene rings is 2. The van der Waals surface area contributed by atoms with Gasteiger partial charge in [0, 0.05) is 30.8 Å². The van der Waals surface area contributed by atoms with E-state index in [-0.39, 0.29) is 30.4 Å². The van der Waals surface area contributed by atoms with E-state index in [4.69, 9.17) is 4.74 Å². The van der Waals surface area contributed by atoms with Crippen LogP contribution in [0.4, 0.5) is 15.8 Å². The van der Waals surface area contributed by atoms with Gasteiger partial charge in [0.05, 0.1) is 12.0 Å².